The van der Waals surface area contributed by atoms with E-state index in [0.717, 1.165) is 12.8 Å². The van der Waals surface area contributed by atoms with E-state index in [2.05, 4.69) is 4.98 Å². The van der Waals surface area contributed by atoms with Gasteiger partial charge in [0, 0.05) is 23.5 Å². The Balaban J connectivity index is 2.96. The molecule has 0 aliphatic rings. The number of rotatable bonds is 5. The summed E-state index contributed by atoms with van der Waals surface area (Å²) in [5.74, 6) is 0.120. The van der Waals surface area contributed by atoms with Crippen LogP contribution in [-0.4, -0.2) is 21.7 Å². The minimum absolute atomic E-state index is 0.120. The van der Waals surface area contributed by atoms with Crippen LogP contribution in [0.25, 0.3) is 0 Å². The maximum Gasteiger partial charge on any atom is 0.313 e. The van der Waals surface area contributed by atoms with Gasteiger partial charge in [-0.3, -0.25) is 4.79 Å². The topological polar surface area (TPSA) is 70.1 Å². The highest BCUT2D eigenvalue weighted by Gasteiger charge is 2.23. The van der Waals surface area contributed by atoms with Crippen LogP contribution in [0.2, 0.25) is 0 Å². The SMILES string of the molecule is CCC(N)(CC)COc1nccn(C(C)(C)C)c1=O. The fourth-order valence-electron chi connectivity index (χ4n) is 1.69. The Morgan fingerprint density at radius 3 is 2.37 bits per heavy atom. The molecule has 19 heavy (non-hydrogen) atoms. The van der Waals surface area contributed by atoms with Crippen LogP contribution in [-0.2, 0) is 5.54 Å². The average Bonchev–Trinajstić information content (AvgIpc) is 2.36. The molecule has 0 aromatic carbocycles. The lowest BCUT2D eigenvalue weighted by Crippen LogP contribution is -2.45. The van der Waals surface area contributed by atoms with Gasteiger partial charge in [-0.1, -0.05) is 13.8 Å². The van der Waals surface area contributed by atoms with E-state index in [0.29, 0.717) is 6.61 Å². The van der Waals surface area contributed by atoms with Crippen LogP contribution in [0.3, 0.4) is 0 Å². The first-order valence-electron chi connectivity index (χ1n) is 6.73. The van der Waals surface area contributed by atoms with Crippen molar-refractivity contribution >= 4 is 0 Å². The Morgan fingerprint density at radius 1 is 1.32 bits per heavy atom. The van der Waals surface area contributed by atoms with Crippen molar-refractivity contribution in [1.29, 1.82) is 0 Å². The van der Waals surface area contributed by atoms with E-state index in [4.69, 9.17) is 10.5 Å². The molecule has 5 heteroatoms. The molecule has 1 aromatic heterocycles. The van der Waals surface area contributed by atoms with Crippen LogP contribution in [0.5, 0.6) is 5.88 Å². The third kappa shape index (κ3) is 3.80. The summed E-state index contributed by atoms with van der Waals surface area (Å²) in [6.45, 7) is 10.2. The van der Waals surface area contributed by atoms with Crippen molar-refractivity contribution in [2.24, 2.45) is 5.73 Å². The lowest BCUT2D eigenvalue weighted by molar-refractivity contribution is 0.195. The van der Waals surface area contributed by atoms with Crippen molar-refractivity contribution in [1.82, 2.24) is 9.55 Å². The monoisotopic (exact) mass is 267 g/mol. The molecule has 0 aliphatic heterocycles. The summed E-state index contributed by atoms with van der Waals surface area (Å²) in [6, 6.07) is 0. The second-order valence-electron chi connectivity index (χ2n) is 5.94. The average molecular weight is 267 g/mol. The van der Waals surface area contributed by atoms with E-state index in [9.17, 15) is 4.79 Å². The van der Waals surface area contributed by atoms with Gasteiger partial charge in [0.05, 0.1) is 0 Å². The van der Waals surface area contributed by atoms with Crippen molar-refractivity contribution < 1.29 is 4.74 Å². The molecule has 0 fully saturated rings. The largest absolute Gasteiger partial charge is 0.472 e. The number of aromatic nitrogens is 2. The molecule has 0 saturated carbocycles. The third-order valence-corrected chi connectivity index (χ3v) is 3.44. The van der Waals surface area contributed by atoms with Gasteiger partial charge in [-0.05, 0) is 33.6 Å². The molecule has 0 radical (unpaired) electrons. The zero-order chi connectivity index (χ0) is 14.7. The van der Waals surface area contributed by atoms with Gasteiger partial charge in [0.15, 0.2) is 0 Å². The van der Waals surface area contributed by atoms with Crippen LogP contribution >= 0.6 is 0 Å². The highest BCUT2D eigenvalue weighted by atomic mass is 16.5. The van der Waals surface area contributed by atoms with Crippen molar-refractivity contribution in [2.45, 2.75) is 58.5 Å². The highest BCUT2D eigenvalue weighted by molar-refractivity contribution is 5.07. The summed E-state index contributed by atoms with van der Waals surface area (Å²) in [4.78, 5) is 16.3. The molecule has 0 bridgehead atoms. The molecule has 5 nitrogen and oxygen atoms in total. The highest BCUT2D eigenvalue weighted by Crippen LogP contribution is 2.14. The quantitative estimate of drug-likeness (QED) is 0.884. The fourth-order valence-corrected chi connectivity index (χ4v) is 1.69. The van der Waals surface area contributed by atoms with Crippen molar-refractivity contribution in [3.8, 4) is 5.88 Å². The predicted molar refractivity (Wildman–Crippen MR) is 76.5 cm³/mol. The molecular weight excluding hydrogens is 242 g/mol. The fraction of sp³-hybridized carbons (Fsp3) is 0.714. The first-order valence-corrected chi connectivity index (χ1v) is 6.73. The predicted octanol–water partition coefficient (Wildman–Crippen LogP) is 1.89. The summed E-state index contributed by atoms with van der Waals surface area (Å²) in [5.41, 5.74) is 5.23. The van der Waals surface area contributed by atoms with Crippen LogP contribution in [0.4, 0.5) is 0 Å². The lowest BCUT2D eigenvalue weighted by atomic mass is 9.96. The minimum atomic E-state index is -0.406. The van der Waals surface area contributed by atoms with Crippen LogP contribution in [0.1, 0.15) is 47.5 Å². The van der Waals surface area contributed by atoms with Gasteiger partial charge in [0.1, 0.15) is 6.61 Å². The number of hydrogen-bond acceptors (Lipinski definition) is 4. The van der Waals surface area contributed by atoms with E-state index in [1.54, 1.807) is 17.0 Å². The summed E-state index contributed by atoms with van der Waals surface area (Å²) in [7, 11) is 0. The summed E-state index contributed by atoms with van der Waals surface area (Å²) >= 11 is 0. The molecule has 1 rings (SSSR count). The Bertz CT molecular complexity index is 470. The molecular formula is C14H25N3O2. The third-order valence-electron chi connectivity index (χ3n) is 3.44. The first-order chi connectivity index (χ1) is 8.73. The van der Waals surface area contributed by atoms with Gasteiger partial charge in [-0.25, -0.2) is 4.98 Å². The summed E-state index contributed by atoms with van der Waals surface area (Å²) in [6.07, 6.45) is 4.84. The van der Waals surface area contributed by atoms with Crippen LogP contribution in [0, 0.1) is 0 Å². The van der Waals surface area contributed by atoms with E-state index in [1.807, 2.05) is 34.6 Å². The molecule has 0 aliphatic carbocycles. The zero-order valence-electron chi connectivity index (χ0n) is 12.6. The number of nitrogens with zero attached hydrogens (tertiary/aromatic N) is 2. The minimum Gasteiger partial charge on any atom is -0.472 e. The lowest BCUT2D eigenvalue weighted by Gasteiger charge is -2.26. The molecule has 108 valence electrons. The Morgan fingerprint density at radius 2 is 1.89 bits per heavy atom. The first kappa shape index (κ1) is 15.7. The molecule has 0 unspecified atom stereocenters. The van der Waals surface area contributed by atoms with E-state index < -0.39 is 5.54 Å². The summed E-state index contributed by atoms with van der Waals surface area (Å²) in [5, 5.41) is 0. The van der Waals surface area contributed by atoms with Crippen LogP contribution < -0.4 is 16.0 Å². The standard InChI is InChI=1S/C14H25N3O2/c1-6-14(15,7-2)10-19-11-12(18)17(9-8-16-11)13(3,4)5/h8-9H,6-7,10,15H2,1-5H3. The maximum atomic E-state index is 12.2. The second kappa shape index (κ2) is 5.74. The molecule has 0 amide bonds. The van der Waals surface area contributed by atoms with Gasteiger partial charge in [-0.2, -0.15) is 0 Å². The Labute approximate surface area is 114 Å². The smallest absolute Gasteiger partial charge is 0.313 e. The molecule has 0 saturated heterocycles. The van der Waals surface area contributed by atoms with E-state index >= 15 is 0 Å². The van der Waals surface area contributed by atoms with Crippen molar-refractivity contribution in [3.05, 3.63) is 22.7 Å². The summed E-state index contributed by atoms with van der Waals surface area (Å²) < 4.78 is 7.17. The van der Waals surface area contributed by atoms with Crippen molar-refractivity contribution in [3.63, 3.8) is 0 Å². The molecule has 0 atom stereocenters. The van der Waals surface area contributed by atoms with E-state index in [1.165, 1.54) is 0 Å². The molecule has 0 spiro atoms. The van der Waals surface area contributed by atoms with Crippen molar-refractivity contribution in [2.75, 3.05) is 6.61 Å². The Hall–Kier alpha value is -1.36. The van der Waals surface area contributed by atoms with Gasteiger partial charge >= 0.3 is 5.56 Å². The maximum absolute atomic E-state index is 12.2. The molecule has 1 aromatic rings. The van der Waals surface area contributed by atoms with Crippen LogP contribution in [0.15, 0.2) is 17.2 Å². The number of hydrogen-bond donors (Lipinski definition) is 1. The van der Waals surface area contributed by atoms with Gasteiger partial charge in [-0.15, -0.1) is 0 Å². The van der Waals surface area contributed by atoms with E-state index in [-0.39, 0.29) is 17.0 Å². The molecule has 2 N–H and O–H groups in total. The molecule has 1 heterocycles. The van der Waals surface area contributed by atoms with Gasteiger partial charge in [0.25, 0.3) is 5.88 Å². The van der Waals surface area contributed by atoms with Gasteiger partial charge in [0.2, 0.25) is 0 Å². The number of nitrogens with two attached hydrogens (primary N) is 1. The zero-order valence-corrected chi connectivity index (χ0v) is 12.6. The Kier molecular flexibility index (Phi) is 4.74. The normalized spacial score (nSPS) is 12.5. The van der Waals surface area contributed by atoms with Gasteiger partial charge < -0.3 is 15.0 Å². The second-order valence-corrected chi connectivity index (χ2v) is 5.94. The number of ether oxygens (including phenoxy) is 1.